The van der Waals surface area contributed by atoms with Crippen molar-refractivity contribution in [2.75, 3.05) is 5.32 Å². The number of nitrogens with zero attached hydrogens (tertiary/aromatic N) is 2. The van der Waals surface area contributed by atoms with E-state index in [9.17, 15) is 4.79 Å². The first-order valence-corrected chi connectivity index (χ1v) is 8.75. The Morgan fingerprint density at radius 1 is 1.04 bits per heavy atom. The summed E-state index contributed by atoms with van der Waals surface area (Å²) in [6, 6.07) is 17.7. The van der Waals surface area contributed by atoms with Crippen LogP contribution in [0.2, 0.25) is 0 Å². The number of aryl methyl sites for hydroxylation is 1. The minimum atomic E-state index is -0.0588. The Balaban J connectivity index is 1.58. The number of aromatic nitrogens is 2. The van der Waals surface area contributed by atoms with Gasteiger partial charge in [0.25, 0.3) is 0 Å². The van der Waals surface area contributed by atoms with Crippen LogP contribution in [0.15, 0.2) is 59.1 Å². The summed E-state index contributed by atoms with van der Waals surface area (Å²) >= 11 is 4.87. The minimum Gasteiger partial charge on any atom is -0.301 e. The Kier molecular flexibility index (Phi) is 5.15. The van der Waals surface area contributed by atoms with Crippen LogP contribution < -0.4 is 5.32 Å². The predicted octanol–water partition coefficient (Wildman–Crippen LogP) is 4.54. The van der Waals surface area contributed by atoms with E-state index in [1.54, 1.807) is 0 Å². The molecule has 1 aromatic heterocycles. The van der Waals surface area contributed by atoms with E-state index in [-0.39, 0.29) is 5.91 Å². The van der Waals surface area contributed by atoms with Crippen LogP contribution in [0.5, 0.6) is 0 Å². The topological polar surface area (TPSA) is 54.9 Å². The van der Waals surface area contributed by atoms with Crippen molar-refractivity contribution >= 4 is 38.3 Å². The molecule has 2 aromatic carbocycles. The molecule has 0 aliphatic heterocycles. The van der Waals surface area contributed by atoms with Gasteiger partial charge in [-0.1, -0.05) is 75.8 Å². The highest BCUT2D eigenvalue weighted by Gasteiger charge is 2.10. The molecule has 116 valence electrons. The lowest BCUT2D eigenvalue weighted by molar-refractivity contribution is -0.116. The summed E-state index contributed by atoms with van der Waals surface area (Å²) in [7, 11) is 0. The number of carbonyl (C=O) groups excluding carboxylic acids is 1. The number of hydrogen-bond donors (Lipinski definition) is 1. The van der Waals surface area contributed by atoms with Crippen molar-refractivity contribution < 1.29 is 4.79 Å². The fourth-order valence-corrected chi connectivity index (χ4v) is 3.35. The van der Waals surface area contributed by atoms with Crippen molar-refractivity contribution in [1.29, 1.82) is 0 Å². The molecule has 1 heterocycles. The molecule has 0 radical (unpaired) electrons. The summed E-state index contributed by atoms with van der Waals surface area (Å²) in [4.78, 5) is 12.1. The number of rotatable bonds is 5. The number of amides is 1. The van der Waals surface area contributed by atoms with E-state index in [0.29, 0.717) is 18.0 Å². The quantitative estimate of drug-likeness (QED) is 0.698. The zero-order chi connectivity index (χ0) is 16.1. The molecule has 0 saturated heterocycles. The van der Waals surface area contributed by atoms with E-state index in [1.165, 1.54) is 11.3 Å². The lowest BCUT2D eigenvalue weighted by Gasteiger charge is -2.03. The van der Waals surface area contributed by atoms with Crippen molar-refractivity contribution in [3.05, 3.63) is 64.6 Å². The van der Waals surface area contributed by atoms with Crippen LogP contribution in [0.4, 0.5) is 5.13 Å². The highest BCUT2D eigenvalue weighted by molar-refractivity contribution is 9.10. The van der Waals surface area contributed by atoms with Crippen LogP contribution in [0, 0.1) is 0 Å². The number of halogens is 1. The molecule has 0 atom stereocenters. The maximum absolute atomic E-state index is 12.1. The first-order valence-electron chi connectivity index (χ1n) is 7.14. The Hall–Kier alpha value is -2.05. The molecule has 0 unspecified atom stereocenters. The standard InChI is InChI=1S/C17H14BrN3OS/c18-14-9-5-4-6-12(14)10-11-15(22)19-17-21-20-16(23-17)13-7-2-1-3-8-13/h1-9H,10-11H2,(H,19,21,22). The second-order valence-electron chi connectivity index (χ2n) is 4.92. The van der Waals surface area contributed by atoms with Crippen LogP contribution in [0.3, 0.4) is 0 Å². The molecule has 0 fully saturated rings. The zero-order valence-electron chi connectivity index (χ0n) is 12.2. The summed E-state index contributed by atoms with van der Waals surface area (Å²) < 4.78 is 1.02. The van der Waals surface area contributed by atoms with Gasteiger partial charge >= 0.3 is 0 Å². The summed E-state index contributed by atoms with van der Waals surface area (Å²) in [6.07, 6.45) is 1.08. The van der Waals surface area contributed by atoms with Crippen molar-refractivity contribution in [3.63, 3.8) is 0 Å². The van der Waals surface area contributed by atoms with Gasteiger partial charge in [-0.25, -0.2) is 0 Å². The SMILES string of the molecule is O=C(CCc1ccccc1Br)Nc1nnc(-c2ccccc2)s1. The average Bonchev–Trinajstić information content (AvgIpc) is 3.03. The molecular weight excluding hydrogens is 374 g/mol. The lowest BCUT2D eigenvalue weighted by Crippen LogP contribution is -2.12. The normalized spacial score (nSPS) is 10.5. The molecule has 1 N–H and O–H groups in total. The van der Waals surface area contributed by atoms with Crippen LogP contribution >= 0.6 is 27.3 Å². The van der Waals surface area contributed by atoms with Gasteiger partial charge in [0.1, 0.15) is 5.01 Å². The van der Waals surface area contributed by atoms with Gasteiger partial charge in [-0.2, -0.15) is 0 Å². The first kappa shape index (κ1) is 15.8. The number of carbonyl (C=O) groups is 1. The van der Waals surface area contributed by atoms with Gasteiger partial charge in [0, 0.05) is 16.5 Å². The van der Waals surface area contributed by atoms with E-state index in [0.717, 1.165) is 20.6 Å². The van der Waals surface area contributed by atoms with E-state index < -0.39 is 0 Å². The van der Waals surface area contributed by atoms with Gasteiger partial charge in [0.2, 0.25) is 11.0 Å². The zero-order valence-corrected chi connectivity index (χ0v) is 14.6. The van der Waals surface area contributed by atoms with E-state index >= 15 is 0 Å². The third kappa shape index (κ3) is 4.24. The second kappa shape index (κ2) is 7.48. The van der Waals surface area contributed by atoms with Crippen molar-refractivity contribution in [2.45, 2.75) is 12.8 Å². The fourth-order valence-electron chi connectivity index (χ4n) is 2.10. The largest absolute Gasteiger partial charge is 0.301 e. The molecular formula is C17H14BrN3OS. The molecule has 0 spiro atoms. The maximum Gasteiger partial charge on any atom is 0.226 e. The minimum absolute atomic E-state index is 0.0588. The van der Waals surface area contributed by atoms with Gasteiger partial charge in [-0.05, 0) is 18.1 Å². The Morgan fingerprint density at radius 3 is 2.57 bits per heavy atom. The number of anilines is 1. The highest BCUT2D eigenvalue weighted by atomic mass is 79.9. The third-order valence-electron chi connectivity index (χ3n) is 3.27. The maximum atomic E-state index is 12.1. The first-order chi connectivity index (χ1) is 11.2. The van der Waals surface area contributed by atoms with Gasteiger partial charge in [0.05, 0.1) is 0 Å². The summed E-state index contributed by atoms with van der Waals surface area (Å²) in [6.45, 7) is 0. The molecule has 1 amide bonds. The molecule has 0 aliphatic rings. The lowest BCUT2D eigenvalue weighted by atomic mass is 10.1. The van der Waals surface area contributed by atoms with Crippen molar-refractivity contribution in [2.24, 2.45) is 0 Å². The average molecular weight is 388 g/mol. The molecule has 3 rings (SSSR count). The summed E-state index contributed by atoms with van der Waals surface area (Å²) in [5.74, 6) is -0.0588. The van der Waals surface area contributed by atoms with Gasteiger partial charge in [0.15, 0.2) is 0 Å². The molecule has 0 aliphatic carbocycles. The molecule has 4 nitrogen and oxygen atoms in total. The Labute approximate surface area is 146 Å². The molecule has 0 saturated carbocycles. The highest BCUT2D eigenvalue weighted by Crippen LogP contribution is 2.26. The number of benzene rings is 2. The monoisotopic (exact) mass is 387 g/mol. The molecule has 0 bridgehead atoms. The van der Waals surface area contributed by atoms with E-state index in [1.807, 2.05) is 54.6 Å². The molecule has 6 heteroatoms. The molecule has 3 aromatic rings. The van der Waals surface area contributed by atoms with Crippen LogP contribution in [-0.2, 0) is 11.2 Å². The van der Waals surface area contributed by atoms with Gasteiger partial charge in [-0.15, -0.1) is 10.2 Å². The molecule has 23 heavy (non-hydrogen) atoms. The smallest absolute Gasteiger partial charge is 0.226 e. The fraction of sp³-hybridized carbons (Fsp3) is 0.118. The summed E-state index contributed by atoms with van der Waals surface area (Å²) in [5, 5.41) is 12.3. The van der Waals surface area contributed by atoms with Crippen LogP contribution in [0.1, 0.15) is 12.0 Å². The van der Waals surface area contributed by atoms with Crippen molar-refractivity contribution in [1.82, 2.24) is 10.2 Å². The van der Waals surface area contributed by atoms with Crippen LogP contribution in [0.25, 0.3) is 10.6 Å². The van der Waals surface area contributed by atoms with E-state index in [4.69, 9.17) is 0 Å². The van der Waals surface area contributed by atoms with E-state index in [2.05, 4.69) is 31.4 Å². The third-order valence-corrected chi connectivity index (χ3v) is 4.93. The van der Waals surface area contributed by atoms with Gasteiger partial charge in [-0.3, -0.25) is 4.79 Å². The van der Waals surface area contributed by atoms with Gasteiger partial charge < -0.3 is 5.32 Å². The summed E-state index contributed by atoms with van der Waals surface area (Å²) in [5.41, 5.74) is 2.11. The Bertz CT molecular complexity index is 804. The number of nitrogens with one attached hydrogen (secondary N) is 1. The predicted molar refractivity (Wildman–Crippen MR) is 96.4 cm³/mol. The van der Waals surface area contributed by atoms with Crippen molar-refractivity contribution in [3.8, 4) is 10.6 Å². The second-order valence-corrected chi connectivity index (χ2v) is 6.75. The number of hydrogen-bond acceptors (Lipinski definition) is 4. The van der Waals surface area contributed by atoms with Crippen LogP contribution in [-0.4, -0.2) is 16.1 Å². The Morgan fingerprint density at radius 2 is 1.78 bits per heavy atom.